The lowest BCUT2D eigenvalue weighted by atomic mass is 10.2. The monoisotopic (exact) mass is 345 g/mol. The Bertz CT molecular complexity index is 1000. The highest BCUT2D eigenvalue weighted by Gasteiger charge is 2.14. The molecule has 1 aromatic carbocycles. The zero-order valence-electron chi connectivity index (χ0n) is 13.1. The molecule has 0 unspecified atom stereocenters. The lowest BCUT2D eigenvalue weighted by Crippen LogP contribution is -2.24. The Labute approximate surface area is 140 Å². The van der Waals surface area contributed by atoms with Gasteiger partial charge in [-0.25, -0.2) is 18.3 Å². The maximum atomic E-state index is 13.2. The molecule has 128 valence electrons. The summed E-state index contributed by atoms with van der Waals surface area (Å²) < 4.78 is 27.5. The first-order valence-corrected chi connectivity index (χ1v) is 7.24. The van der Waals surface area contributed by atoms with Gasteiger partial charge in [0.05, 0.1) is 0 Å². The number of primary amides is 1. The third-order valence-corrected chi connectivity index (χ3v) is 3.53. The maximum absolute atomic E-state index is 13.2. The van der Waals surface area contributed by atoms with Crippen LogP contribution >= 0.6 is 0 Å². The number of nitrogens with zero attached hydrogens (tertiary/aromatic N) is 3. The highest BCUT2D eigenvalue weighted by Crippen LogP contribution is 2.11. The number of carbonyl (C=O) groups is 2. The zero-order chi connectivity index (χ0) is 18.1. The van der Waals surface area contributed by atoms with E-state index in [2.05, 4.69) is 15.4 Å². The van der Waals surface area contributed by atoms with Crippen LogP contribution in [0.5, 0.6) is 0 Å². The minimum atomic E-state index is -0.986. The van der Waals surface area contributed by atoms with Gasteiger partial charge in [-0.05, 0) is 30.7 Å². The molecule has 0 saturated heterocycles. The van der Waals surface area contributed by atoms with E-state index in [0.717, 1.165) is 12.1 Å². The second-order valence-electron chi connectivity index (χ2n) is 5.38. The van der Waals surface area contributed by atoms with E-state index in [0.29, 0.717) is 16.9 Å². The van der Waals surface area contributed by atoms with Gasteiger partial charge in [-0.1, -0.05) is 6.07 Å². The van der Waals surface area contributed by atoms with Crippen molar-refractivity contribution in [2.45, 2.75) is 13.5 Å². The van der Waals surface area contributed by atoms with Gasteiger partial charge in [0.2, 0.25) is 0 Å². The summed E-state index contributed by atoms with van der Waals surface area (Å²) in [5, 5.41) is 6.57. The first kappa shape index (κ1) is 16.5. The smallest absolute Gasteiger partial charge is 0.270 e. The van der Waals surface area contributed by atoms with Crippen LogP contribution in [0.3, 0.4) is 0 Å². The number of hydrogen-bond acceptors (Lipinski definition) is 4. The minimum absolute atomic E-state index is 0.00768. The number of hydrogen-bond donors (Lipinski definition) is 2. The number of rotatable bonds is 4. The van der Waals surface area contributed by atoms with E-state index in [1.54, 1.807) is 6.92 Å². The van der Waals surface area contributed by atoms with Crippen molar-refractivity contribution in [1.29, 1.82) is 0 Å². The van der Waals surface area contributed by atoms with Crippen LogP contribution < -0.4 is 11.1 Å². The number of nitrogens with one attached hydrogen (secondary N) is 1. The van der Waals surface area contributed by atoms with E-state index in [4.69, 9.17) is 5.73 Å². The van der Waals surface area contributed by atoms with Gasteiger partial charge < -0.3 is 11.1 Å². The first-order valence-electron chi connectivity index (χ1n) is 7.24. The summed E-state index contributed by atoms with van der Waals surface area (Å²) in [5.74, 6) is -3.14. The third kappa shape index (κ3) is 3.30. The fourth-order valence-corrected chi connectivity index (χ4v) is 2.28. The Hall–Kier alpha value is -3.36. The van der Waals surface area contributed by atoms with Crippen LogP contribution in [0.4, 0.5) is 8.78 Å². The molecule has 0 fully saturated rings. The van der Waals surface area contributed by atoms with Crippen molar-refractivity contribution in [2.24, 2.45) is 5.73 Å². The molecule has 0 bridgehead atoms. The molecule has 0 radical (unpaired) electrons. The molecule has 0 saturated carbocycles. The molecular formula is C16H13F2N5O2. The average molecular weight is 345 g/mol. The van der Waals surface area contributed by atoms with Crippen molar-refractivity contribution in [3.63, 3.8) is 0 Å². The van der Waals surface area contributed by atoms with Gasteiger partial charge >= 0.3 is 0 Å². The number of fused-ring (bicyclic) bond motifs is 1. The molecule has 2 aromatic heterocycles. The summed E-state index contributed by atoms with van der Waals surface area (Å²) in [6.07, 6.45) is 0. The van der Waals surface area contributed by atoms with Gasteiger partial charge in [0, 0.05) is 18.3 Å². The quantitative estimate of drug-likeness (QED) is 0.745. The molecule has 2 heterocycles. The molecule has 0 aliphatic heterocycles. The molecule has 0 spiro atoms. The predicted octanol–water partition coefficient (Wildman–Crippen LogP) is 1.34. The maximum Gasteiger partial charge on any atom is 0.270 e. The van der Waals surface area contributed by atoms with E-state index < -0.39 is 23.4 Å². The highest BCUT2D eigenvalue weighted by atomic mass is 19.2. The normalized spacial score (nSPS) is 10.8. The summed E-state index contributed by atoms with van der Waals surface area (Å²) in [5.41, 5.74) is 6.60. The Morgan fingerprint density at radius 3 is 2.60 bits per heavy atom. The Morgan fingerprint density at radius 2 is 1.92 bits per heavy atom. The molecule has 0 aliphatic carbocycles. The van der Waals surface area contributed by atoms with E-state index in [-0.39, 0.29) is 17.9 Å². The van der Waals surface area contributed by atoms with Gasteiger partial charge in [0.15, 0.2) is 23.0 Å². The van der Waals surface area contributed by atoms with Gasteiger partial charge in [0.25, 0.3) is 11.8 Å². The molecular weight excluding hydrogens is 332 g/mol. The summed E-state index contributed by atoms with van der Waals surface area (Å²) >= 11 is 0. The van der Waals surface area contributed by atoms with Crippen molar-refractivity contribution >= 4 is 17.5 Å². The Balaban J connectivity index is 1.81. The number of carbonyl (C=O) groups excluding carboxylic acids is 2. The second kappa shape index (κ2) is 6.27. The van der Waals surface area contributed by atoms with E-state index in [1.165, 1.54) is 22.7 Å². The topological polar surface area (TPSA) is 102 Å². The summed E-state index contributed by atoms with van der Waals surface area (Å²) in [6, 6.07) is 6.24. The third-order valence-electron chi connectivity index (χ3n) is 3.53. The molecule has 0 aliphatic rings. The van der Waals surface area contributed by atoms with Crippen LogP contribution in [-0.2, 0) is 6.54 Å². The van der Waals surface area contributed by atoms with Gasteiger partial charge in [0.1, 0.15) is 5.69 Å². The van der Waals surface area contributed by atoms with Crippen molar-refractivity contribution in [3.8, 4) is 0 Å². The number of aromatic nitrogens is 3. The minimum Gasteiger partial charge on any atom is -0.364 e. The zero-order valence-corrected chi connectivity index (χ0v) is 13.1. The van der Waals surface area contributed by atoms with Gasteiger partial charge in [-0.3, -0.25) is 9.59 Å². The number of nitrogens with two attached hydrogens (primary N) is 1. The van der Waals surface area contributed by atoms with Crippen LogP contribution in [-0.4, -0.2) is 26.4 Å². The summed E-state index contributed by atoms with van der Waals surface area (Å²) in [6.45, 7) is 1.70. The number of benzene rings is 1. The standard InChI is InChI=1S/C16H13F2N5O2/c1-8-4-13(21-14-6-12(15(19)24)22-23(8)14)16(25)20-7-9-2-3-10(17)11(18)5-9/h2-6H,7H2,1H3,(H2,19,24)(H,20,25). The van der Waals surface area contributed by atoms with Gasteiger partial charge in [-0.15, -0.1) is 0 Å². The van der Waals surface area contributed by atoms with Crippen molar-refractivity contribution < 1.29 is 18.4 Å². The van der Waals surface area contributed by atoms with Crippen LogP contribution in [0.15, 0.2) is 30.3 Å². The molecule has 9 heteroatoms. The van der Waals surface area contributed by atoms with E-state index in [9.17, 15) is 18.4 Å². The van der Waals surface area contributed by atoms with Crippen molar-refractivity contribution in [3.05, 3.63) is 64.6 Å². The molecule has 0 atom stereocenters. The largest absolute Gasteiger partial charge is 0.364 e. The highest BCUT2D eigenvalue weighted by molar-refractivity contribution is 5.94. The lowest BCUT2D eigenvalue weighted by Gasteiger charge is -2.07. The second-order valence-corrected chi connectivity index (χ2v) is 5.38. The van der Waals surface area contributed by atoms with Crippen molar-refractivity contribution in [2.75, 3.05) is 0 Å². The van der Waals surface area contributed by atoms with Gasteiger partial charge in [-0.2, -0.15) is 5.10 Å². The van der Waals surface area contributed by atoms with Crippen molar-refractivity contribution in [1.82, 2.24) is 19.9 Å². The molecule has 2 amide bonds. The molecule has 3 N–H and O–H groups in total. The van der Waals surface area contributed by atoms with E-state index >= 15 is 0 Å². The fourth-order valence-electron chi connectivity index (χ4n) is 2.28. The number of aryl methyl sites for hydroxylation is 1. The Morgan fingerprint density at radius 1 is 1.16 bits per heavy atom. The Kier molecular flexibility index (Phi) is 4.14. The van der Waals surface area contributed by atoms with Crippen LogP contribution in [0.1, 0.15) is 32.2 Å². The molecule has 3 aromatic rings. The fraction of sp³-hybridized carbons (Fsp3) is 0.125. The molecule has 7 nitrogen and oxygen atoms in total. The SMILES string of the molecule is Cc1cc(C(=O)NCc2ccc(F)c(F)c2)nc2cc(C(N)=O)nn12. The molecule has 25 heavy (non-hydrogen) atoms. The average Bonchev–Trinajstić information content (AvgIpc) is 3.00. The summed E-state index contributed by atoms with van der Waals surface area (Å²) in [4.78, 5) is 27.6. The lowest BCUT2D eigenvalue weighted by molar-refractivity contribution is 0.0944. The first-order chi connectivity index (χ1) is 11.8. The van der Waals surface area contributed by atoms with Crippen LogP contribution in [0.25, 0.3) is 5.65 Å². The summed E-state index contributed by atoms with van der Waals surface area (Å²) in [7, 11) is 0. The number of amides is 2. The van der Waals surface area contributed by atoms with E-state index in [1.807, 2.05) is 0 Å². The van der Waals surface area contributed by atoms with Crippen LogP contribution in [0, 0.1) is 18.6 Å². The predicted molar refractivity (Wildman–Crippen MR) is 83.8 cm³/mol. The van der Waals surface area contributed by atoms with Crippen LogP contribution in [0.2, 0.25) is 0 Å². The number of halogens is 2. The molecule has 3 rings (SSSR count).